The standard InChI is InChI=1S/C8H10F2N2O2/c1-3-5-6(14-2)4-7(13)12(11-5)8(9)10/h4,8H,3H2,1-2H3. The second-order valence-corrected chi connectivity index (χ2v) is 2.57. The SMILES string of the molecule is CCc1nn(C(F)F)c(=O)cc1OC. The van der Waals surface area contributed by atoms with Crippen LogP contribution in [0.1, 0.15) is 19.2 Å². The number of ether oxygens (including phenoxy) is 1. The molecule has 0 saturated carbocycles. The second-order valence-electron chi connectivity index (χ2n) is 2.57. The van der Waals surface area contributed by atoms with Gasteiger partial charge in [-0.15, -0.1) is 0 Å². The molecule has 0 amide bonds. The summed E-state index contributed by atoms with van der Waals surface area (Å²) < 4.78 is 29.5. The number of aryl methyl sites for hydroxylation is 1. The lowest BCUT2D eigenvalue weighted by Gasteiger charge is -2.08. The summed E-state index contributed by atoms with van der Waals surface area (Å²) in [6, 6.07) is 1.01. The maximum atomic E-state index is 12.2. The smallest absolute Gasteiger partial charge is 0.336 e. The largest absolute Gasteiger partial charge is 0.495 e. The zero-order chi connectivity index (χ0) is 10.7. The third-order valence-electron chi connectivity index (χ3n) is 1.73. The van der Waals surface area contributed by atoms with Crippen LogP contribution in [-0.4, -0.2) is 16.9 Å². The number of hydrogen-bond acceptors (Lipinski definition) is 3. The normalized spacial score (nSPS) is 10.6. The lowest BCUT2D eigenvalue weighted by Crippen LogP contribution is -2.24. The molecule has 0 unspecified atom stereocenters. The molecule has 0 radical (unpaired) electrons. The van der Waals surface area contributed by atoms with E-state index in [1.807, 2.05) is 0 Å². The number of methoxy groups -OCH3 is 1. The van der Waals surface area contributed by atoms with E-state index in [0.717, 1.165) is 6.07 Å². The maximum absolute atomic E-state index is 12.2. The quantitative estimate of drug-likeness (QED) is 0.743. The van der Waals surface area contributed by atoms with Crippen LogP contribution in [0.4, 0.5) is 8.78 Å². The van der Waals surface area contributed by atoms with E-state index in [-0.39, 0.29) is 10.4 Å². The zero-order valence-electron chi connectivity index (χ0n) is 7.83. The Bertz CT molecular complexity index is 376. The summed E-state index contributed by atoms with van der Waals surface area (Å²) in [6.45, 7) is -1.18. The summed E-state index contributed by atoms with van der Waals surface area (Å²) in [5.41, 5.74) is -0.526. The average Bonchev–Trinajstić information content (AvgIpc) is 2.16. The molecular formula is C8H10F2N2O2. The van der Waals surface area contributed by atoms with Crippen LogP contribution in [0.2, 0.25) is 0 Å². The van der Waals surface area contributed by atoms with Crippen LogP contribution in [-0.2, 0) is 6.42 Å². The van der Waals surface area contributed by atoms with Crippen molar-refractivity contribution in [3.63, 3.8) is 0 Å². The second kappa shape index (κ2) is 4.17. The first kappa shape index (κ1) is 10.6. The molecule has 4 nitrogen and oxygen atoms in total. The number of alkyl halides is 2. The first-order valence-electron chi connectivity index (χ1n) is 4.05. The average molecular weight is 204 g/mol. The van der Waals surface area contributed by atoms with Gasteiger partial charge in [-0.3, -0.25) is 4.79 Å². The lowest BCUT2D eigenvalue weighted by molar-refractivity contribution is 0.0500. The van der Waals surface area contributed by atoms with Gasteiger partial charge in [0.2, 0.25) is 0 Å². The Morgan fingerprint density at radius 2 is 2.29 bits per heavy atom. The highest BCUT2D eigenvalue weighted by atomic mass is 19.3. The Hall–Kier alpha value is -1.46. The molecule has 0 saturated heterocycles. The van der Waals surface area contributed by atoms with Crippen LogP contribution in [0.3, 0.4) is 0 Å². The van der Waals surface area contributed by atoms with E-state index < -0.39 is 12.1 Å². The Balaban J connectivity index is 3.31. The number of hydrogen-bond donors (Lipinski definition) is 0. The van der Waals surface area contributed by atoms with Crippen molar-refractivity contribution in [2.75, 3.05) is 7.11 Å². The van der Waals surface area contributed by atoms with E-state index in [4.69, 9.17) is 4.74 Å². The highest BCUT2D eigenvalue weighted by Crippen LogP contribution is 2.14. The molecular weight excluding hydrogens is 194 g/mol. The predicted octanol–water partition coefficient (Wildman–Crippen LogP) is 1.21. The van der Waals surface area contributed by atoms with Gasteiger partial charge in [-0.25, -0.2) is 0 Å². The van der Waals surface area contributed by atoms with Gasteiger partial charge in [-0.2, -0.15) is 18.6 Å². The highest BCUT2D eigenvalue weighted by molar-refractivity contribution is 5.24. The van der Waals surface area contributed by atoms with Gasteiger partial charge in [0.05, 0.1) is 7.11 Å². The van der Waals surface area contributed by atoms with Gasteiger partial charge in [0.1, 0.15) is 11.4 Å². The minimum Gasteiger partial charge on any atom is -0.495 e. The fourth-order valence-corrected chi connectivity index (χ4v) is 1.05. The summed E-state index contributed by atoms with van der Waals surface area (Å²) in [5.74, 6) is 0.245. The number of rotatable bonds is 3. The number of aromatic nitrogens is 2. The molecule has 0 spiro atoms. The fraction of sp³-hybridized carbons (Fsp3) is 0.500. The first-order valence-corrected chi connectivity index (χ1v) is 4.05. The molecule has 1 heterocycles. The third-order valence-corrected chi connectivity index (χ3v) is 1.73. The molecule has 6 heteroatoms. The van der Waals surface area contributed by atoms with Crippen molar-refractivity contribution in [2.45, 2.75) is 19.9 Å². The number of nitrogens with zero attached hydrogens (tertiary/aromatic N) is 2. The molecule has 0 bridgehead atoms. The third kappa shape index (κ3) is 1.89. The molecule has 14 heavy (non-hydrogen) atoms. The Labute approximate surface area is 79.1 Å². The molecule has 0 aliphatic heterocycles. The van der Waals surface area contributed by atoms with Crippen LogP contribution in [0.5, 0.6) is 5.75 Å². The minimum atomic E-state index is -2.92. The summed E-state index contributed by atoms with van der Waals surface area (Å²) in [6.07, 6.45) is 0.427. The first-order chi connectivity index (χ1) is 6.60. The van der Waals surface area contributed by atoms with Gasteiger partial charge in [-0.05, 0) is 6.42 Å². The van der Waals surface area contributed by atoms with Gasteiger partial charge in [0, 0.05) is 6.07 Å². The van der Waals surface area contributed by atoms with Crippen molar-refractivity contribution in [1.82, 2.24) is 9.78 Å². The van der Waals surface area contributed by atoms with Crippen molar-refractivity contribution in [1.29, 1.82) is 0 Å². The summed E-state index contributed by atoms with van der Waals surface area (Å²) >= 11 is 0. The molecule has 1 aromatic heterocycles. The molecule has 0 atom stereocenters. The van der Waals surface area contributed by atoms with E-state index in [9.17, 15) is 13.6 Å². The Morgan fingerprint density at radius 1 is 1.64 bits per heavy atom. The van der Waals surface area contributed by atoms with Gasteiger partial charge in [0.25, 0.3) is 5.56 Å². The van der Waals surface area contributed by atoms with Gasteiger partial charge in [0.15, 0.2) is 0 Å². The number of halogens is 2. The zero-order valence-corrected chi connectivity index (χ0v) is 7.83. The topological polar surface area (TPSA) is 44.1 Å². The predicted molar refractivity (Wildman–Crippen MR) is 45.7 cm³/mol. The van der Waals surface area contributed by atoms with Crippen molar-refractivity contribution < 1.29 is 13.5 Å². The molecule has 0 aliphatic rings. The fourth-order valence-electron chi connectivity index (χ4n) is 1.05. The molecule has 0 N–H and O–H groups in total. The van der Waals surface area contributed by atoms with E-state index in [1.54, 1.807) is 6.92 Å². The summed E-state index contributed by atoms with van der Waals surface area (Å²) in [7, 11) is 1.36. The van der Waals surface area contributed by atoms with Gasteiger partial charge < -0.3 is 4.74 Å². The van der Waals surface area contributed by atoms with Crippen LogP contribution >= 0.6 is 0 Å². The maximum Gasteiger partial charge on any atom is 0.336 e. The molecule has 1 rings (SSSR count). The molecule has 0 aromatic carbocycles. The van der Waals surface area contributed by atoms with E-state index in [0.29, 0.717) is 12.1 Å². The van der Waals surface area contributed by atoms with Crippen LogP contribution in [0, 0.1) is 0 Å². The van der Waals surface area contributed by atoms with Crippen LogP contribution < -0.4 is 10.3 Å². The molecule has 0 fully saturated rings. The Morgan fingerprint density at radius 3 is 2.71 bits per heavy atom. The van der Waals surface area contributed by atoms with Gasteiger partial charge >= 0.3 is 6.55 Å². The highest BCUT2D eigenvalue weighted by Gasteiger charge is 2.13. The lowest BCUT2D eigenvalue weighted by atomic mass is 10.3. The summed E-state index contributed by atoms with van der Waals surface area (Å²) in [4.78, 5) is 11.0. The van der Waals surface area contributed by atoms with E-state index in [1.165, 1.54) is 7.11 Å². The minimum absolute atomic E-state index is 0.140. The molecule has 78 valence electrons. The van der Waals surface area contributed by atoms with Crippen molar-refractivity contribution >= 4 is 0 Å². The van der Waals surface area contributed by atoms with Gasteiger partial charge in [-0.1, -0.05) is 6.92 Å². The molecule has 0 aliphatic carbocycles. The Kier molecular flexibility index (Phi) is 3.16. The monoisotopic (exact) mass is 204 g/mol. The van der Waals surface area contributed by atoms with Crippen molar-refractivity contribution in [3.8, 4) is 5.75 Å². The van der Waals surface area contributed by atoms with Crippen LogP contribution in [0.25, 0.3) is 0 Å². The van der Waals surface area contributed by atoms with Crippen molar-refractivity contribution in [2.24, 2.45) is 0 Å². The van der Waals surface area contributed by atoms with Crippen molar-refractivity contribution in [3.05, 3.63) is 22.1 Å². The molecule has 1 aromatic rings. The van der Waals surface area contributed by atoms with E-state index >= 15 is 0 Å². The van der Waals surface area contributed by atoms with E-state index in [2.05, 4.69) is 5.10 Å². The summed E-state index contributed by atoms with van der Waals surface area (Å²) in [5, 5.41) is 3.49. The van der Waals surface area contributed by atoms with Crippen LogP contribution in [0.15, 0.2) is 10.9 Å².